The van der Waals surface area contributed by atoms with Gasteiger partial charge in [0.15, 0.2) is 0 Å². The molecule has 3 heterocycles. The molecule has 2 saturated heterocycles. The van der Waals surface area contributed by atoms with Gasteiger partial charge in [-0.2, -0.15) is 0 Å². The Morgan fingerprint density at radius 2 is 2.20 bits per heavy atom. The molecule has 0 spiro atoms. The minimum absolute atomic E-state index is 0.123. The van der Waals surface area contributed by atoms with Crippen molar-refractivity contribution in [2.75, 3.05) is 7.05 Å². The van der Waals surface area contributed by atoms with Crippen molar-refractivity contribution in [2.45, 2.75) is 25.0 Å². The lowest BCUT2D eigenvalue weighted by atomic mass is 9.86. The maximum atomic E-state index is 12.0. The largest absolute Gasteiger partial charge is 0.360 e. The molecule has 2 fully saturated rings. The maximum absolute atomic E-state index is 12.0. The van der Waals surface area contributed by atoms with Crippen molar-refractivity contribution in [1.29, 1.82) is 0 Å². The molecule has 15 heavy (non-hydrogen) atoms. The van der Waals surface area contributed by atoms with Crippen LogP contribution in [-0.2, 0) is 9.59 Å². The van der Waals surface area contributed by atoms with Crippen molar-refractivity contribution in [2.24, 2.45) is 11.8 Å². The van der Waals surface area contributed by atoms with E-state index in [-0.39, 0.29) is 23.9 Å². The smallest absolute Gasteiger partial charge is 0.228 e. The molecule has 4 heteroatoms. The molecule has 5 atom stereocenters. The maximum Gasteiger partial charge on any atom is 0.228 e. The molecule has 0 radical (unpaired) electrons. The van der Waals surface area contributed by atoms with Crippen LogP contribution in [0.5, 0.6) is 0 Å². The fourth-order valence-electron chi connectivity index (χ4n) is 3.28. The average Bonchev–Trinajstić information content (AvgIpc) is 2.53. The Labute approximate surface area is 88.5 Å². The Balaban J connectivity index is 2.02. The molecule has 1 amide bonds. The predicted octanol–water partition coefficient (Wildman–Crippen LogP) is -0.142. The zero-order valence-corrected chi connectivity index (χ0v) is 8.83. The van der Waals surface area contributed by atoms with Gasteiger partial charge in [-0.1, -0.05) is 0 Å². The van der Waals surface area contributed by atoms with Gasteiger partial charge in [0.1, 0.15) is 6.29 Å². The molecule has 0 bridgehead atoms. The molecule has 0 saturated carbocycles. The number of aldehydes is 1. The molecule has 3 rings (SSSR count). The summed E-state index contributed by atoms with van der Waals surface area (Å²) in [4.78, 5) is 26.9. The van der Waals surface area contributed by atoms with Gasteiger partial charge in [-0.3, -0.25) is 4.79 Å². The highest BCUT2D eigenvalue weighted by molar-refractivity contribution is 5.87. The highest BCUT2D eigenvalue weighted by atomic mass is 16.2. The molecule has 3 aliphatic rings. The van der Waals surface area contributed by atoms with Crippen molar-refractivity contribution in [3.8, 4) is 0 Å². The lowest BCUT2D eigenvalue weighted by molar-refractivity contribution is -0.133. The van der Waals surface area contributed by atoms with E-state index in [2.05, 4.69) is 13.0 Å². The topological polar surface area (TPSA) is 40.6 Å². The van der Waals surface area contributed by atoms with Crippen molar-refractivity contribution in [1.82, 2.24) is 9.80 Å². The highest BCUT2D eigenvalue weighted by Crippen LogP contribution is 2.47. The van der Waals surface area contributed by atoms with Gasteiger partial charge in [0.05, 0.1) is 18.0 Å². The van der Waals surface area contributed by atoms with Crippen LogP contribution in [0.2, 0.25) is 0 Å². The van der Waals surface area contributed by atoms with Gasteiger partial charge in [-0.25, -0.2) is 0 Å². The summed E-state index contributed by atoms with van der Waals surface area (Å²) in [5.74, 6) is 0.297. The van der Waals surface area contributed by atoms with E-state index in [1.165, 1.54) is 0 Å². The molecular weight excluding hydrogens is 192 g/mol. The van der Waals surface area contributed by atoms with Crippen LogP contribution in [0.3, 0.4) is 0 Å². The van der Waals surface area contributed by atoms with E-state index in [0.29, 0.717) is 12.0 Å². The minimum atomic E-state index is -0.232. The van der Waals surface area contributed by atoms with E-state index in [1.807, 2.05) is 18.1 Å². The SMILES string of the molecule is CC1C2C(C(=O)N1C)C(C=O)N1C=CC21. The quantitative estimate of drug-likeness (QED) is 0.561. The number of carbonyl (C=O) groups excluding carboxylic acids is 2. The molecule has 5 unspecified atom stereocenters. The average molecular weight is 206 g/mol. The number of nitrogens with zero attached hydrogens (tertiary/aromatic N) is 2. The zero-order chi connectivity index (χ0) is 10.7. The van der Waals surface area contributed by atoms with E-state index in [4.69, 9.17) is 0 Å². The van der Waals surface area contributed by atoms with Crippen molar-refractivity contribution >= 4 is 12.2 Å². The van der Waals surface area contributed by atoms with Gasteiger partial charge in [0, 0.05) is 19.0 Å². The van der Waals surface area contributed by atoms with Gasteiger partial charge in [0.25, 0.3) is 0 Å². The summed E-state index contributed by atoms with van der Waals surface area (Å²) in [7, 11) is 1.83. The monoisotopic (exact) mass is 206 g/mol. The van der Waals surface area contributed by atoms with Crippen LogP contribution in [0.4, 0.5) is 0 Å². The van der Waals surface area contributed by atoms with E-state index in [1.54, 1.807) is 4.90 Å². The zero-order valence-electron chi connectivity index (χ0n) is 8.83. The van der Waals surface area contributed by atoms with Crippen LogP contribution in [0.15, 0.2) is 12.3 Å². The fraction of sp³-hybridized carbons (Fsp3) is 0.636. The summed E-state index contributed by atoms with van der Waals surface area (Å²) in [6, 6.07) is 0.309. The Morgan fingerprint density at radius 1 is 1.47 bits per heavy atom. The molecule has 0 aromatic carbocycles. The third kappa shape index (κ3) is 0.833. The Bertz CT molecular complexity index is 366. The van der Waals surface area contributed by atoms with Crippen LogP contribution < -0.4 is 0 Å². The number of likely N-dealkylation sites (tertiary alicyclic amines) is 1. The van der Waals surface area contributed by atoms with Crippen LogP contribution in [0, 0.1) is 11.8 Å². The van der Waals surface area contributed by atoms with Crippen LogP contribution in [0.1, 0.15) is 6.92 Å². The molecule has 0 aliphatic carbocycles. The van der Waals surface area contributed by atoms with E-state index < -0.39 is 0 Å². The molecule has 0 N–H and O–H groups in total. The second-order valence-corrected chi connectivity index (χ2v) is 4.70. The van der Waals surface area contributed by atoms with Crippen LogP contribution >= 0.6 is 0 Å². The number of carbonyl (C=O) groups is 2. The first-order chi connectivity index (χ1) is 7.16. The fourth-order valence-corrected chi connectivity index (χ4v) is 3.28. The van der Waals surface area contributed by atoms with Crippen LogP contribution in [-0.4, -0.2) is 47.2 Å². The van der Waals surface area contributed by atoms with E-state index in [9.17, 15) is 9.59 Å². The third-order valence-corrected chi connectivity index (χ3v) is 4.26. The first-order valence-electron chi connectivity index (χ1n) is 5.34. The van der Waals surface area contributed by atoms with Gasteiger partial charge in [0.2, 0.25) is 5.91 Å². The van der Waals surface area contributed by atoms with Crippen molar-refractivity contribution in [3.05, 3.63) is 12.3 Å². The summed E-state index contributed by atoms with van der Waals surface area (Å²) in [6.07, 6.45) is 4.96. The van der Waals surface area contributed by atoms with Gasteiger partial charge in [-0.05, 0) is 19.2 Å². The molecule has 4 nitrogen and oxygen atoms in total. The summed E-state index contributed by atoms with van der Waals surface area (Å²) in [5, 5.41) is 0. The van der Waals surface area contributed by atoms with Gasteiger partial charge in [-0.15, -0.1) is 0 Å². The van der Waals surface area contributed by atoms with Crippen molar-refractivity contribution in [3.63, 3.8) is 0 Å². The van der Waals surface area contributed by atoms with Gasteiger partial charge >= 0.3 is 0 Å². The number of rotatable bonds is 1. The number of hydrogen-bond acceptors (Lipinski definition) is 3. The summed E-state index contributed by atoms with van der Waals surface area (Å²) < 4.78 is 0. The van der Waals surface area contributed by atoms with Gasteiger partial charge < -0.3 is 14.6 Å². The first-order valence-corrected chi connectivity index (χ1v) is 5.34. The standard InChI is InChI=1S/C11H14N2O2/c1-6-9-7-3-4-13(7)8(5-14)10(9)11(15)12(6)2/h3-10H,1-2H3. The number of fused-ring (bicyclic) bond motifs is 3. The summed E-state index contributed by atoms with van der Waals surface area (Å²) in [6.45, 7) is 2.07. The second kappa shape index (κ2) is 2.62. The number of amides is 1. The Kier molecular flexibility index (Phi) is 1.56. The van der Waals surface area contributed by atoms with E-state index in [0.717, 1.165) is 6.29 Å². The third-order valence-electron chi connectivity index (χ3n) is 4.26. The Morgan fingerprint density at radius 3 is 2.73 bits per heavy atom. The Hall–Kier alpha value is -1.32. The minimum Gasteiger partial charge on any atom is -0.360 e. The summed E-state index contributed by atoms with van der Waals surface area (Å²) >= 11 is 0. The highest BCUT2D eigenvalue weighted by Gasteiger charge is 2.60. The molecule has 0 aromatic rings. The molecule has 3 aliphatic heterocycles. The van der Waals surface area contributed by atoms with E-state index >= 15 is 0 Å². The summed E-state index contributed by atoms with van der Waals surface area (Å²) in [5.41, 5.74) is 0. The first kappa shape index (κ1) is 8.95. The predicted molar refractivity (Wildman–Crippen MR) is 53.8 cm³/mol. The normalized spacial score (nSPS) is 46.5. The van der Waals surface area contributed by atoms with Crippen LogP contribution in [0.25, 0.3) is 0 Å². The van der Waals surface area contributed by atoms with Crippen molar-refractivity contribution < 1.29 is 9.59 Å². The molecule has 0 aromatic heterocycles. The second-order valence-electron chi connectivity index (χ2n) is 4.70. The number of hydrogen-bond donors (Lipinski definition) is 0. The molecule has 80 valence electrons. The molecular formula is C11H14N2O2. The lowest BCUT2D eigenvalue weighted by Gasteiger charge is -2.36. The lowest BCUT2D eigenvalue weighted by Crippen LogP contribution is -2.45.